The van der Waals surface area contributed by atoms with Gasteiger partial charge in [0.25, 0.3) is 0 Å². The maximum atomic E-state index is 13.0. The van der Waals surface area contributed by atoms with E-state index in [0.717, 1.165) is 12.3 Å². The third kappa shape index (κ3) is 3.06. The van der Waals surface area contributed by atoms with Gasteiger partial charge in [0.1, 0.15) is 11.4 Å². The lowest BCUT2D eigenvalue weighted by Crippen LogP contribution is -2.03. The molecule has 106 valence electrons. The molecule has 2 rings (SSSR count). The monoisotopic (exact) mass is 288 g/mol. The maximum absolute atomic E-state index is 13.0. The lowest BCUT2D eigenvalue weighted by atomic mass is 10.2. The second-order valence-corrected chi connectivity index (χ2v) is 3.89. The normalized spacial score (nSPS) is 9.76. The van der Waals surface area contributed by atoms with Crippen molar-refractivity contribution in [2.75, 3.05) is 7.11 Å². The number of nitriles is 1. The van der Waals surface area contributed by atoms with Gasteiger partial charge in [-0.05, 0) is 18.2 Å². The first-order valence-corrected chi connectivity index (χ1v) is 5.70. The number of carboxylic acid groups (broad SMARTS) is 1. The second-order valence-electron chi connectivity index (χ2n) is 3.89. The SMILES string of the molecule is COc1cc(C#N)ccc1Oc1ncc(F)cc1C(=O)O. The van der Waals surface area contributed by atoms with Gasteiger partial charge in [-0.25, -0.2) is 14.2 Å². The van der Waals surface area contributed by atoms with E-state index in [-0.39, 0.29) is 17.4 Å². The Labute approximate surface area is 119 Å². The zero-order valence-corrected chi connectivity index (χ0v) is 10.8. The standard InChI is InChI=1S/C14H9FN2O4/c1-20-12-4-8(6-16)2-3-11(12)21-13-10(14(18)19)5-9(15)7-17-13/h2-5,7H,1H3,(H,18,19). The highest BCUT2D eigenvalue weighted by Gasteiger charge is 2.17. The summed E-state index contributed by atoms with van der Waals surface area (Å²) in [6.45, 7) is 0. The molecule has 0 saturated heterocycles. The van der Waals surface area contributed by atoms with Crippen molar-refractivity contribution in [2.24, 2.45) is 0 Å². The van der Waals surface area contributed by atoms with Crippen molar-refractivity contribution in [1.82, 2.24) is 4.98 Å². The molecule has 0 unspecified atom stereocenters. The van der Waals surface area contributed by atoms with Crippen LogP contribution in [0.2, 0.25) is 0 Å². The van der Waals surface area contributed by atoms with Gasteiger partial charge in [-0.15, -0.1) is 0 Å². The average Bonchev–Trinajstić information content (AvgIpc) is 2.49. The molecule has 6 nitrogen and oxygen atoms in total. The molecular weight excluding hydrogens is 279 g/mol. The van der Waals surface area contributed by atoms with Crippen LogP contribution in [0.15, 0.2) is 30.5 Å². The van der Waals surface area contributed by atoms with Gasteiger partial charge in [0.15, 0.2) is 11.5 Å². The molecule has 1 N–H and O–H groups in total. The number of methoxy groups -OCH3 is 1. The smallest absolute Gasteiger partial charge is 0.341 e. The molecule has 2 aromatic rings. The number of carboxylic acids is 1. The van der Waals surface area contributed by atoms with E-state index in [1.54, 1.807) is 0 Å². The number of benzene rings is 1. The zero-order chi connectivity index (χ0) is 15.4. The Morgan fingerprint density at radius 3 is 2.76 bits per heavy atom. The number of ether oxygens (including phenoxy) is 2. The Bertz CT molecular complexity index is 740. The molecule has 7 heteroatoms. The van der Waals surface area contributed by atoms with E-state index >= 15 is 0 Å². The molecule has 0 aliphatic rings. The van der Waals surface area contributed by atoms with Crippen LogP contribution >= 0.6 is 0 Å². The number of aromatic nitrogens is 1. The van der Waals surface area contributed by atoms with E-state index in [9.17, 15) is 9.18 Å². The van der Waals surface area contributed by atoms with Crippen molar-refractivity contribution in [3.8, 4) is 23.4 Å². The van der Waals surface area contributed by atoms with Crippen LogP contribution < -0.4 is 9.47 Å². The van der Waals surface area contributed by atoms with Crippen LogP contribution in [0.4, 0.5) is 4.39 Å². The minimum atomic E-state index is -1.37. The number of halogens is 1. The molecule has 0 amide bonds. The van der Waals surface area contributed by atoms with Gasteiger partial charge in [0.05, 0.1) is 24.9 Å². The predicted octanol–water partition coefficient (Wildman–Crippen LogP) is 2.59. The molecule has 0 saturated carbocycles. The summed E-state index contributed by atoms with van der Waals surface area (Å²) in [5.41, 5.74) is -0.0638. The number of pyridine rings is 1. The summed E-state index contributed by atoms with van der Waals surface area (Å²) in [7, 11) is 1.37. The largest absolute Gasteiger partial charge is 0.493 e. The molecule has 0 fully saturated rings. The molecular formula is C14H9FN2O4. The Kier molecular flexibility index (Phi) is 4.00. The summed E-state index contributed by atoms with van der Waals surface area (Å²) in [5.74, 6) is -2.03. The highest BCUT2D eigenvalue weighted by atomic mass is 19.1. The van der Waals surface area contributed by atoms with Gasteiger partial charge in [0.2, 0.25) is 5.88 Å². The fraction of sp³-hybridized carbons (Fsp3) is 0.0714. The molecule has 0 spiro atoms. The number of aromatic carboxylic acids is 1. The number of nitrogens with zero attached hydrogens (tertiary/aromatic N) is 2. The Balaban J connectivity index is 2.43. The molecule has 1 heterocycles. The summed E-state index contributed by atoms with van der Waals surface area (Å²) in [4.78, 5) is 14.7. The van der Waals surface area contributed by atoms with E-state index < -0.39 is 17.3 Å². The van der Waals surface area contributed by atoms with Crippen LogP contribution in [0.5, 0.6) is 17.4 Å². The minimum absolute atomic E-state index is 0.165. The quantitative estimate of drug-likeness (QED) is 0.929. The van der Waals surface area contributed by atoms with Gasteiger partial charge < -0.3 is 14.6 Å². The third-order valence-electron chi connectivity index (χ3n) is 2.55. The number of carbonyl (C=O) groups is 1. The van der Waals surface area contributed by atoms with Crippen LogP contribution in [0, 0.1) is 17.1 Å². The summed E-state index contributed by atoms with van der Waals surface area (Å²) >= 11 is 0. The molecule has 1 aromatic carbocycles. The molecule has 1 aromatic heterocycles. The van der Waals surface area contributed by atoms with Gasteiger partial charge >= 0.3 is 5.97 Å². The first-order chi connectivity index (χ1) is 10.0. The maximum Gasteiger partial charge on any atom is 0.341 e. The van der Waals surface area contributed by atoms with Gasteiger partial charge in [0, 0.05) is 6.07 Å². The molecule has 0 bridgehead atoms. The number of hydrogen-bond acceptors (Lipinski definition) is 5. The fourth-order valence-corrected chi connectivity index (χ4v) is 1.59. The minimum Gasteiger partial charge on any atom is -0.493 e. The van der Waals surface area contributed by atoms with E-state index in [1.165, 1.54) is 25.3 Å². The number of hydrogen-bond donors (Lipinski definition) is 1. The Morgan fingerprint density at radius 2 is 2.14 bits per heavy atom. The summed E-state index contributed by atoms with van der Waals surface area (Å²) in [6, 6.07) is 7.08. The van der Waals surface area contributed by atoms with Crippen LogP contribution in [0.1, 0.15) is 15.9 Å². The lowest BCUT2D eigenvalue weighted by Gasteiger charge is -2.11. The first kappa shape index (κ1) is 14.3. The van der Waals surface area contributed by atoms with Crippen molar-refractivity contribution < 1.29 is 23.8 Å². The van der Waals surface area contributed by atoms with Crippen LogP contribution in [-0.2, 0) is 0 Å². The van der Waals surface area contributed by atoms with Crippen molar-refractivity contribution in [3.05, 3.63) is 47.4 Å². The Hall–Kier alpha value is -3.14. The fourth-order valence-electron chi connectivity index (χ4n) is 1.59. The second kappa shape index (κ2) is 5.88. The van der Waals surface area contributed by atoms with E-state index in [2.05, 4.69) is 4.98 Å². The molecule has 0 atom stereocenters. The molecule has 0 aliphatic heterocycles. The van der Waals surface area contributed by atoms with Crippen molar-refractivity contribution in [3.63, 3.8) is 0 Å². The molecule has 0 aliphatic carbocycles. The van der Waals surface area contributed by atoms with Crippen LogP contribution in [-0.4, -0.2) is 23.2 Å². The zero-order valence-electron chi connectivity index (χ0n) is 10.8. The first-order valence-electron chi connectivity index (χ1n) is 5.70. The molecule has 21 heavy (non-hydrogen) atoms. The van der Waals surface area contributed by atoms with Crippen molar-refractivity contribution >= 4 is 5.97 Å². The Morgan fingerprint density at radius 1 is 1.38 bits per heavy atom. The van der Waals surface area contributed by atoms with E-state index in [4.69, 9.17) is 19.8 Å². The van der Waals surface area contributed by atoms with Gasteiger partial charge in [-0.2, -0.15) is 5.26 Å². The summed E-state index contributed by atoms with van der Waals surface area (Å²) in [5, 5.41) is 17.8. The highest BCUT2D eigenvalue weighted by molar-refractivity contribution is 5.90. The highest BCUT2D eigenvalue weighted by Crippen LogP contribution is 2.32. The topological polar surface area (TPSA) is 92.4 Å². The third-order valence-corrected chi connectivity index (χ3v) is 2.55. The van der Waals surface area contributed by atoms with Crippen LogP contribution in [0.25, 0.3) is 0 Å². The van der Waals surface area contributed by atoms with Crippen molar-refractivity contribution in [1.29, 1.82) is 5.26 Å². The van der Waals surface area contributed by atoms with Crippen LogP contribution in [0.3, 0.4) is 0 Å². The summed E-state index contributed by atoms with van der Waals surface area (Å²) < 4.78 is 23.5. The summed E-state index contributed by atoms with van der Waals surface area (Å²) in [6.07, 6.45) is 0.845. The van der Waals surface area contributed by atoms with E-state index in [1.807, 2.05) is 6.07 Å². The van der Waals surface area contributed by atoms with Gasteiger partial charge in [-0.1, -0.05) is 0 Å². The predicted molar refractivity (Wildman–Crippen MR) is 68.9 cm³/mol. The number of rotatable bonds is 4. The average molecular weight is 288 g/mol. The molecule has 0 radical (unpaired) electrons. The van der Waals surface area contributed by atoms with Gasteiger partial charge in [-0.3, -0.25) is 0 Å². The van der Waals surface area contributed by atoms with E-state index in [0.29, 0.717) is 5.56 Å². The van der Waals surface area contributed by atoms with Crippen molar-refractivity contribution in [2.45, 2.75) is 0 Å². The lowest BCUT2D eigenvalue weighted by molar-refractivity contribution is 0.0692.